The van der Waals surface area contributed by atoms with Crippen LogP contribution in [0.5, 0.6) is 0 Å². The number of hydrogen-bond acceptors (Lipinski definition) is 0. The van der Waals surface area contributed by atoms with Crippen LogP contribution in [0.3, 0.4) is 0 Å². The Labute approximate surface area is 79.5 Å². The summed E-state index contributed by atoms with van der Waals surface area (Å²) in [5, 5.41) is 0. The minimum absolute atomic E-state index is 0.181. The molecule has 0 saturated heterocycles. The smallest absolute Gasteiger partial charge is 0.171 e. The van der Waals surface area contributed by atoms with Crippen LogP contribution in [0.2, 0.25) is 25.7 Å². The average Bonchev–Trinajstić information content (AvgIpc) is 1.81. The molecular formula is C9H19F3Si. The van der Waals surface area contributed by atoms with E-state index in [2.05, 4.69) is 0 Å². The fourth-order valence-electron chi connectivity index (χ4n) is 1.60. The summed E-state index contributed by atoms with van der Waals surface area (Å²) in [4.78, 5) is 0. The fourth-order valence-corrected chi connectivity index (χ4v) is 4.39. The van der Waals surface area contributed by atoms with E-state index in [1.807, 2.05) is 19.6 Å². The first kappa shape index (κ1) is 13.0. The molecule has 0 heterocycles. The second kappa shape index (κ2) is 3.63. The van der Waals surface area contributed by atoms with Crippen LogP contribution in [0.15, 0.2) is 0 Å². The highest BCUT2D eigenvalue weighted by atomic mass is 28.3. The first-order valence-corrected chi connectivity index (χ1v) is 8.29. The molecule has 0 radical (unpaired) electrons. The van der Waals surface area contributed by atoms with Crippen LogP contribution in [-0.2, 0) is 0 Å². The molecule has 0 amide bonds. The zero-order valence-corrected chi connectivity index (χ0v) is 10.0. The summed E-state index contributed by atoms with van der Waals surface area (Å²) < 4.78 is 38.0. The first-order chi connectivity index (χ1) is 5.52. The third-order valence-corrected chi connectivity index (χ3v) is 4.23. The van der Waals surface area contributed by atoms with E-state index < -0.39 is 19.7 Å². The quantitative estimate of drug-likeness (QED) is 0.612. The van der Waals surface area contributed by atoms with Crippen LogP contribution in [0.1, 0.15) is 20.3 Å². The van der Waals surface area contributed by atoms with Crippen molar-refractivity contribution in [3.8, 4) is 0 Å². The first-order valence-electron chi connectivity index (χ1n) is 4.58. The van der Waals surface area contributed by atoms with E-state index in [9.17, 15) is 13.2 Å². The van der Waals surface area contributed by atoms with Crippen molar-refractivity contribution in [1.29, 1.82) is 0 Å². The molecule has 4 heteroatoms. The summed E-state index contributed by atoms with van der Waals surface area (Å²) in [5.41, 5.74) is -1.47. The van der Waals surface area contributed by atoms with Crippen molar-refractivity contribution in [2.45, 2.75) is 52.1 Å². The monoisotopic (exact) mass is 212 g/mol. The zero-order valence-electron chi connectivity index (χ0n) is 9.05. The van der Waals surface area contributed by atoms with Gasteiger partial charge in [0.2, 0.25) is 0 Å². The van der Waals surface area contributed by atoms with Gasteiger partial charge in [0, 0.05) is 8.07 Å². The van der Waals surface area contributed by atoms with Gasteiger partial charge in [-0.05, 0) is 12.5 Å². The second-order valence-electron chi connectivity index (χ2n) is 5.15. The van der Waals surface area contributed by atoms with Gasteiger partial charge in [-0.15, -0.1) is 0 Å². The Morgan fingerprint density at radius 3 is 1.54 bits per heavy atom. The van der Waals surface area contributed by atoms with Crippen molar-refractivity contribution in [1.82, 2.24) is 0 Å². The summed E-state index contributed by atoms with van der Waals surface area (Å²) >= 11 is 0. The Bertz CT molecular complexity index is 169. The van der Waals surface area contributed by atoms with Crippen LogP contribution in [0.4, 0.5) is 13.2 Å². The maximum Gasteiger partial charge on any atom is 0.393 e. The molecule has 0 rings (SSSR count). The lowest BCUT2D eigenvalue weighted by Crippen LogP contribution is -2.40. The minimum atomic E-state index is -4.05. The molecule has 0 aromatic carbocycles. The van der Waals surface area contributed by atoms with Crippen LogP contribution >= 0.6 is 0 Å². The lowest BCUT2D eigenvalue weighted by Gasteiger charge is -2.35. The molecule has 0 spiro atoms. The van der Waals surface area contributed by atoms with E-state index in [4.69, 9.17) is 0 Å². The highest BCUT2D eigenvalue weighted by molar-refractivity contribution is 6.76. The molecular weight excluding hydrogens is 193 g/mol. The lowest BCUT2D eigenvalue weighted by atomic mass is 9.89. The topological polar surface area (TPSA) is 0 Å². The third kappa shape index (κ3) is 3.71. The molecule has 1 atom stereocenters. The van der Waals surface area contributed by atoms with Gasteiger partial charge < -0.3 is 0 Å². The molecule has 0 aromatic heterocycles. The predicted molar refractivity (Wildman–Crippen MR) is 52.6 cm³/mol. The van der Waals surface area contributed by atoms with E-state index in [1.165, 1.54) is 6.92 Å². The SMILES string of the molecule is CCC(C)(C[Si](C)(C)C)C(F)(F)F. The van der Waals surface area contributed by atoms with Gasteiger partial charge in [-0.2, -0.15) is 13.2 Å². The molecule has 0 aliphatic heterocycles. The van der Waals surface area contributed by atoms with Gasteiger partial charge in [-0.25, -0.2) is 0 Å². The van der Waals surface area contributed by atoms with E-state index in [0.717, 1.165) is 0 Å². The number of rotatable bonds is 3. The molecule has 0 nitrogen and oxygen atoms in total. The van der Waals surface area contributed by atoms with Gasteiger partial charge in [0.25, 0.3) is 0 Å². The maximum atomic E-state index is 12.7. The van der Waals surface area contributed by atoms with Gasteiger partial charge >= 0.3 is 6.18 Å². The minimum Gasteiger partial charge on any atom is -0.171 e. The van der Waals surface area contributed by atoms with E-state index in [-0.39, 0.29) is 6.42 Å². The van der Waals surface area contributed by atoms with Gasteiger partial charge in [-0.1, -0.05) is 33.5 Å². The number of hydrogen-bond donors (Lipinski definition) is 0. The van der Waals surface area contributed by atoms with Crippen LogP contribution in [-0.4, -0.2) is 14.3 Å². The zero-order chi connectivity index (χ0) is 10.9. The van der Waals surface area contributed by atoms with E-state index in [0.29, 0.717) is 6.04 Å². The Hall–Kier alpha value is 0.00688. The standard InChI is InChI=1S/C9H19F3Si/c1-6-8(2,9(10,11)12)7-13(3,4)5/h6-7H2,1-5H3. The molecule has 1 unspecified atom stereocenters. The lowest BCUT2D eigenvalue weighted by molar-refractivity contribution is -0.212. The highest BCUT2D eigenvalue weighted by Crippen LogP contribution is 2.46. The predicted octanol–water partition coefficient (Wildman–Crippen LogP) is 4.30. The molecule has 80 valence electrons. The maximum absolute atomic E-state index is 12.7. The molecule has 0 N–H and O–H groups in total. The van der Waals surface area contributed by atoms with Crippen molar-refractivity contribution >= 4 is 8.07 Å². The van der Waals surface area contributed by atoms with Crippen molar-refractivity contribution in [3.05, 3.63) is 0 Å². The molecule has 0 fully saturated rings. The largest absolute Gasteiger partial charge is 0.393 e. The molecule has 0 saturated carbocycles. The summed E-state index contributed by atoms with van der Waals surface area (Å²) in [6, 6.07) is 0.319. The highest BCUT2D eigenvalue weighted by Gasteiger charge is 2.51. The molecule has 0 bridgehead atoms. The van der Waals surface area contributed by atoms with Crippen molar-refractivity contribution in [2.75, 3.05) is 0 Å². The molecule has 0 aliphatic rings. The van der Waals surface area contributed by atoms with Gasteiger partial charge in [0.05, 0.1) is 5.41 Å². The molecule has 13 heavy (non-hydrogen) atoms. The summed E-state index contributed by atoms with van der Waals surface area (Å²) in [5.74, 6) is 0. The van der Waals surface area contributed by atoms with E-state index >= 15 is 0 Å². The van der Waals surface area contributed by atoms with Gasteiger partial charge in [-0.3, -0.25) is 0 Å². The van der Waals surface area contributed by atoms with Gasteiger partial charge in [0.1, 0.15) is 0 Å². The summed E-state index contributed by atoms with van der Waals surface area (Å²) in [7, 11) is -1.64. The molecule has 0 aromatic rings. The van der Waals surface area contributed by atoms with Crippen LogP contribution < -0.4 is 0 Å². The van der Waals surface area contributed by atoms with Crippen LogP contribution in [0.25, 0.3) is 0 Å². The van der Waals surface area contributed by atoms with Crippen molar-refractivity contribution < 1.29 is 13.2 Å². The second-order valence-corrected chi connectivity index (χ2v) is 10.6. The van der Waals surface area contributed by atoms with Crippen LogP contribution in [0, 0.1) is 5.41 Å². The fraction of sp³-hybridized carbons (Fsp3) is 1.00. The van der Waals surface area contributed by atoms with Crippen molar-refractivity contribution in [3.63, 3.8) is 0 Å². The summed E-state index contributed by atoms with van der Waals surface area (Å²) in [6.07, 6.45) is -3.87. The van der Waals surface area contributed by atoms with Crippen molar-refractivity contribution in [2.24, 2.45) is 5.41 Å². The Morgan fingerprint density at radius 2 is 1.46 bits per heavy atom. The summed E-state index contributed by atoms with van der Waals surface area (Å²) in [6.45, 7) is 8.89. The average molecular weight is 212 g/mol. The Kier molecular flexibility index (Phi) is 3.64. The normalized spacial score (nSPS) is 18.5. The van der Waals surface area contributed by atoms with Gasteiger partial charge in [0.15, 0.2) is 0 Å². The number of alkyl halides is 3. The Morgan fingerprint density at radius 1 is 1.08 bits per heavy atom. The Balaban J connectivity index is 4.67. The van der Waals surface area contributed by atoms with E-state index in [1.54, 1.807) is 6.92 Å². The third-order valence-electron chi connectivity index (χ3n) is 2.39. The molecule has 0 aliphatic carbocycles. The number of halogens is 3.